The summed E-state index contributed by atoms with van der Waals surface area (Å²) in [5, 5.41) is 0. The number of esters is 2. The second-order valence-electron chi connectivity index (χ2n) is 5.17. The first-order valence-electron chi connectivity index (χ1n) is 7.03. The van der Waals surface area contributed by atoms with Crippen molar-refractivity contribution >= 4 is 35.5 Å². The van der Waals surface area contributed by atoms with Crippen molar-refractivity contribution in [3.63, 3.8) is 0 Å². The maximum absolute atomic E-state index is 12.0. The number of ether oxygens (including phenoxy) is 1. The Labute approximate surface area is 143 Å². The van der Waals surface area contributed by atoms with Crippen LogP contribution in [-0.2, 0) is 14.3 Å². The van der Waals surface area contributed by atoms with Crippen LogP contribution in [-0.4, -0.2) is 11.9 Å². The van der Waals surface area contributed by atoms with Gasteiger partial charge in [0, 0.05) is 9.79 Å². The molecular formula is C18H14O3S2. The molecule has 0 amide bonds. The predicted octanol–water partition coefficient (Wildman–Crippen LogP) is 4.48. The van der Waals surface area contributed by atoms with Crippen molar-refractivity contribution in [2.45, 2.75) is 23.6 Å². The number of carbonyl (C=O) groups is 2. The van der Waals surface area contributed by atoms with E-state index in [-0.39, 0.29) is 0 Å². The molecule has 23 heavy (non-hydrogen) atoms. The Morgan fingerprint density at radius 3 is 1.35 bits per heavy atom. The molecule has 1 aliphatic heterocycles. The number of hydrogen-bond acceptors (Lipinski definition) is 5. The summed E-state index contributed by atoms with van der Waals surface area (Å²) in [7, 11) is 0. The van der Waals surface area contributed by atoms with E-state index in [2.05, 4.69) is 0 Å². The zero-order chi connectivity index (χ0) is 16.4. The lowest BCUT2D eigenvalue weighted by atomic mass is 10.2. The third kappa shape index (κ3) is 3.68. The lowest BCUT2D eigenvalue weighted by Gasteiger charge is -2.03. The summed E-state index contributed by atoms with van der Waals surface area (Å²) in [4.78, 5) is 26.5. The zero-order valence-corrected chi connectivity index (χ0v) is 14.3. The minimum Gasteiger partial charge on any atom is -0.385 e. The molecule has 0 N–H and O–H groups in total. The summed E-state index contributed by atoms with van der Waals surface area (Å²) in [5.74, 6) is -1.15. The van der Waals surface area contributed by atoms with Gasteiger partial charge in [0.1, 0.15) is 9.81 Å². The molecule has 116 valence electrons. The highest BCUT2D eigenvalue weighted by Gasteiger charge is 2.34. The summed E-state index contributed by atoms with van der Waals surface area (Å²) in [5.41, 5.74) is 2.28. The van der Waals surface area contributed by atoms with Crippen LogP contribution in [0.15, 0.2) is 68.1 Å². The number of hydrogen-bond donors (Lipinski definition) is 0. The normalized spacial score (nSPS) is 14.3. The van der Waals surface area contributed by atoms with Crippen LogP contribution < -0.4 is 0 Å². The molecule has 5 heteroatoms. The molecule has 2 aromatic carbocycles. The van der Waals surface area contributed by atoms with Crippen LogP contribution in [0.5, 0.6) is 0 Å². The lowest BCUT2D eigenvalue weighted by molar-refractivity contribution is -0.150. The number of carbonyl (C=O) groups excluding carboxylic acids is 2. The molecule has 0 saturated heterocycles. The van der Waals surface area contributed by atoms with Gasteiger partial charge in [-0.3, -0.25) is 0 Å². The second-order valence-corrected chi connectivity index (χ2v) is 7.33. The van der Waals surface area contributed by atoms with Crippen LogP contribution >= 0.6 is 23.5 Å². The molecule has 0 spiro atoms. The van der Waals surface area contributed by atoms with Gasteiger partial charge in [-0.15, -0.1) is 0 Å². The van der Waals surface area contributed by atoms with E-state index in [0.29, 0.717) is 9.81 Å². The van der Waals surface area contributed by atoms with E-state index in [4.69, 9.17) is 4.74 Å². The SMILES string of the molecule is Cc1ccc(SC2=C(Sc3ccc(C)cc3)C(=O)OC2=O)cc1. The number of thioether (sulfide) groups is 2. The quantitative estimate of drug-likeness (QED) is 0.605. The van der Waals surface area contributed by atoms with Gasteiger partial charge in [0.15, 0.2) is 0 Å². The van der Waals surface area contributed by atoms with Crippen molar-refractivity contribution in [3.05, 3.63) is 69.5 Å². The summed E-state index contributed by atoms with van der Waals surface area (Å²) >= 11 is 2.53. The molecule has 0 fully saturated rings. The average molecular weight is 342 g/mol. The highest BCUT2D eigenvalue weighted by atomic mass is 32.2. The summed E-state index contributed by atoms with van der Waals surface area (Å²) in [6.45, 7) is 4.00. The highest BCUT2D eigenvalue weighted by Crippen LogP contribution is 2.41. The standard InChI is InChI=1S/C18H14O3S2/c1-11-3-7-13(8-4-11)22-15-16(18(20)21-17(15)19)23-14-9-5-12(2)6-10-14/h3-10H,1-2H3. The Hall–Kier alpha value is -1.98. The largest absolute Gasteiger partial charge is 0.385 e. The first kappa shape index (κ1) is 15.9. The number of benzene rings is 2. The molecule has 3 nitrogen and oxygen atoms in total. The van der Waals surface area contributed by atoms with E-state index in [9.17, 15) is 9.59 Å². The fraction of sp³-hybridized carbons (Fsp3) is 0.111. The molecule has 0 unspecified atom stereocenters. The van der Waals surface area contributed by atoms with E-state index >= 15 is 0 Å². The van der Waals surface area contributed by atoms with Gasteiger partial charge in [-0.25, -0.2) is 9.59 Å². The van der Waals surface area contributed by atoms with Gasteiger partial charge >= 0.3 is 11.9 Å². The van der Waals surface area contributed by atoms with E-state index in [1.165, 1.54) is 23.5 Å². The zero-order valence-electron chi connectivity index (χ0n) is 12.7. The van der Waals surface area contributed by atoms with Crippen LogP contribution in [0.25, 0.3) is 0 Å². The lowest BCUT2D eigenvalue weighted by Crippen LogP contribution is -2.00. The maximum Gasteiger partial charge on any atom is 0.354 e. The van der Waals surface area contributed by atoms with Crippen molar-refractivity contribution in [1.82, 2.24) is 0 Å². The molecule has 0 aliphatic carbocycles. The number of aryl methyl sites for hydroxylation is 2. The molecule has 0 radical (unpaired) electrons. The molecule has 0 saturated carbocycles. The Kier molecular flexibility index (Phi) is 4.59. The van der Waals surface area contributed by atoms with Crippen LogP contribution in [0.3, 0.4) is 0 Å². The topological polar surface area (TPSA) is 43.4 Å². The second kappa shape index (κ2) is 6.64. The third-order valence-corrected chi connectivity index (χ3v) is 5.54. The summed E-state index contributed by atoms with van der Waals surface area (Å²) < 4.78 is 4.78. The third-order valence-electron chi connectivity index (χ3n) is 3.24. The van der Waals surface area contributed by atoms with E-state index in [0.717, 1.165) is 20.9 Å². The Balaban J connectivity index is 1.90. The molecule has 1 heterocycles. The average Bonchev–Trinajstić information content (AvgIpc) is 2.78. The number of rotatable bonds is 4. The molecular weight excluding hydrogens is 328 g/mol. The molecule has 0 atom stereocenters. The molecule has 1 aliphatic rings. The van der Waals surface area contributed by atoms with Crippen molar-refractivity contribution < 1.29 is 14.3 Å². The number of cyclic esters (lactones) is 2. The first-order chi connectivity index (χ1) is 11.0. The molecule has 2 aromatic rings. The molecule has 0 aromatic heterocycles. The summed E-state index contributed by atoms with van der Waals surface area (Å²) in [6, 6.07) is 15.6. The Morgan fingerprint density at radius 1 is 0.652 bits per heavy atom. The van der Waals surface area contributed by atoms with E-state index < -0.39 is 11.9 Å². The molecule has 0 bridgehead atoms. The Morgan fingerprint density at radius 2 is 1.00 bits per heavy atom. The van der Waals surface area contributed by atoms with Gasteiger partial charge in [0.05, 0.1) is 0 Å². The van der Waals surface area contributed by atoms with Crippen molar-refractivity contribution in [1.29, 1.82) is 0 Å². The van der Waals surface area contributed by atoms with Crippen LogP contribution in [0.4, 0.5) is 0 Å². The Bertz CT molecular complexity index is 723. The van der Waals surface area contributed by atoms with Gasteiger partial charge in [-0.2, -0.15) is 0 Å². The highest BCUT2D eigenvalue weighted by molar-refractivity contribution is 8.08. The minimum absolute atomic E-state index is 0.351. The van der Waals surface area contributed by atoms with Crippen molar-refractivity contribution in [3.8, 4) is 0 Å². The van der Waals surface area contributed by atoms with Gasteiger partial charge in [0.25, 0.3) is 0 Å². The van der Waals surface area contributed by atoms with Gasteiger partial charge in [-0.1, -0.05) is 58.9 Å². The monoisotopic (exact) mass is 342 g/mol. The predicted molar refractivity (Wildman–Crippen MR) is 92.2 cm³/mol. The summed E-state index contributed by atoms with van der Waals surface area (Å²) in [6.07, 6.45) is 0. The minimum atomic E-state index is -0.574. The van der Waals surface area contributed by atoms with Crippen molar-refractivity contribution in [2.75, 3.05) is 0 Å². The van der Waals surface area contributed by atoms with Crippen LogP contribution in [0, 0.1) is 13.8 Å². The van der Waals surface area contributed by atoms with Crippen LogP contribution in [0.2, 0.25) is 0 Å². The fourth-order valence-electron chi connectivity index (χ4n) is 1.99. The van der Waals surface area contributed by atoms with E-state index in [1.807, 2.05) is 62.4 Å². The van der Waals surface area contributed by atoms with Crippen LogP contribution in [0.1, 0.15) is 11.1 Å². The maximum atomic E-state index is 12.0. The van der Waals surface area contributed by atoms with Gasteiger partial charge in [0.2, 0.25) is 0 Å². The van der Waals surface area contributed by atoms with Crippen molar-refractivity contribution in [2.24, 2.45) is 0 Å². The molecule has 3 rings (SSSR count). The smallest absolute Gasteiger partial charge is 0.354 e. The fourth-order valence-corrected chi connectivity index (χ4v) is 3.85. The van der Waals surface area contributed by atoms with E-state index in [1.54, 1.807) is 0 Å². The van der Waals surface area contributed by atoms with Gasteiger partial charge in [-0.05, 0) is 38.1 Å². The van der Waals surface area contributed by atoms with Gasteiger partial charge < -0.3 is 4.74 Å². The first-order valence-corrected chi connectivity index (χ1v) is 8.66.